The molecule has 1 N–H and O–H groups in total. The van der Waals surface area contributed by atoms with Crippen LogP contribution in [0, 0.1) is 5.92 Å². The minimum Gasteiger partial charge on any atom is -0.298 e. The summed E-state index contributed by atoms with van der Waals surface area (Å²) in [6.07, 6.45) is 5.46. The summed E-state index contributed by atoms with van der Waals surface area (Å²) in [6.45, 7) is 0.935. The van der Waals surface area contributed by atoms with E-state index in [0.29, 0.717) is 35.1 Å². The molecule has 3 heterocycles. The van der Waals surface area contributed by atoms with Gasteiger partial charge in [-0.25, -0.2) is 13.4 Å². The summed E-state index contributed by atoms with van der Waals surface area (Å²) >= 11 is 1.36. The van der Waals surface area contributed by atoms with Crippen LogP contribution < -0.4 is 5.32 Å². The van der Waals surface area contributed by atoms with Gasteiger partial charge in [0.05, 0.1) is 16.2 Å². The van der Waals surface area contributed by atoms with Crippen LogP contribution in [0.15, 0.2) is 53.0 Å². The summed E-state index contributed by atoms with van der Waals surface area (Å²) < 4.78 is 28.8. The molecule has 1 aliphatic heterocycles. The molecule has 0 radical (unpaired) electrons. The largest absolute Gasteiger partial charge is 0.298 e. The van der Waals surface area contributed by atoms with Crippen LogP contribution in [0.25, 0.3) is 0 Å². The lowest BCUT2D eigenvalue weighted by Crippen LogP contribution is -2.39. The van der Waals surface area contributed by atoms with Crippen LogP contribution in [0.2, 0.25) is 0 Å². The number of benzene rings is 1. The van der Waals surface area contributed by atoms with E-state index in [2.05, 4.69) is 15.4 Å². The molecule has 3 aromatic rings. The lowest BCUT2D eigenvalue weighted by molar-refractivity contribution is 0.102. The summed E-state index contributed by atoms with van der Waals surface area (Å²) in [5.74, 6) is 0.0469. The van der Waals surface area contributed by atoms with Gasteiger partial charge in [-0.1, -0.05) is 18.2 Å². The van der Waals surface area contributed by atoms with E-state index in [9.17, 15) is 13.2 Å². The van der Waals surface area contributed by atoms with Crippen molar-refractivity contribution in [3.8, 4) is 0 Å². The zero-order chi connectivity index (χ0) is 21.1. The van der Waals surface area contributed by atoms with Gasteiger partial charge in [0, 0.05) is 37.9 Å². The Labute approximate surface area is 179 Å². The molecule has 0 atom stereocenters. The molecule has 158 valence electrons. The number of aryl methyl sites for hydroxylation is 1. The summed E-state index contributed by atoms with van der Waals surface area (Å²) in [6, 6.07) is 8.53. The summed E-state index contributed by atoms with van der Waals surface area (Å²) in [5, 5.41) is 9.63. The molecule has 0 bridgehead atoms. The van der Waals surface area contributed by atoms with Crippen molar-refractivity contribution < 1.29 is 13.2 Å². The Balaban J connectivity index is 1.40. The van der Waals surface area contributed by atoms with Gasteiger partial charge in [0.25, 0.3) is 5.91 Å². The van der Waals surface area contributed by atoms with Crippen LogP contribution in [0.4, 0.5) is 5.13 Å². The van der Waals surface area contributed by atoms with Crippen molar-refractivity contribution in [2.45, 2.75) is 24.2 Å². The molecule has 1 aliphatic rings. The third-order valence-electron chi connectivity index (χ3n) is 5.24. The van der Waals surface area contributed by atoms with Crippen molar-refractivity contribution in [3.05, 3.63) is 59.4 Å². The molecule has 1 fully saturated rings. The maximum atomic E-state index is 12.8. The van der Waals surface area contributed by atoms with E-state index in [0.717, 1.165) is 18.5 Å². The predicted molar refractivity (Wildman–Crippen MR) is 115 cm³/mol. The fraction of sp³-hybridized carbons (Fsp3) is 0.350. The Morgan fingerprint density at radius 2 is 1.97 bits per heavy atom. The summed E-state index contributed by atoms with van der Waals surface area (Å²) in [5.41, 5.74) is 1.27. The number of nitrogens with one attached hydrogen (secondary N) is 1. The molecule has 0 saturated carbocycles. The number of amides is 1. The fourth-order valence-electron chi connectivity index (χ4n) is 3.69. The van der Waals surface area contributed by atoms with Gasteiger partial charge in [0.2, 0.25) is 10.0 Å². The van der Waals surface area contributed by atoms with Gasteiger partial charge < -0.3 is 0 Å². The summed E-state index contributed by atoms with van der Waals surface area (Å²) in [7, 11) is -1.67. The van der Waals surface area contributed by atoms with Gasteiger partial charge >= 0.3 is 0 Å². The third-order valence-corrected chi connectivity index (χ3v) is 7.84. The highest BCUT2D eigenvalue weighted by molar-refractivity contribution is 7.89. The molecule has 2 aromatic heterocycles. The predicted octanol–water partition coefficient (Wildman–Crippen LogP) is 2.77. The van der Waals surface area contributed by atoms with Crippen molar-refractivity contribution >= 4 is 32.4 Å². The van der Waals surface area contributed by atoms with Crippen LogP contribution in [0.3, 0.4) is 0 Å². The molecule has 30 heavy (non-hydrogen) atoms. The first-order valence-electron chi connectivity index (χ1n) is 9.72. The monoisotopic (exact) mass is 445 g/mol. The van der Waals surface area contributed by atoms with Crippen LogP contribution in [0.1, 0.15) is 28.9 Å². The lowest BCUT2D eigenvalue weighted by Gasteiger charge is -2.31. The van der Waals surface area contributed by atoms with E-state index in [4.69, 9.17) is 0 Å². The van der Waals surface area contributed by atoms with Crippen LogP contribution >= 0.6 is 11.3 Å². The Morgan fingerprint density at radius 1 is 1.23 bits per heavy atom. The minimum absolute atomic E-state index is 0.225. The zero-order valence-electron chi connectivity index (χ0n) is 16.6. The van der Waals surface area contributed by atoms with Gasteiger partial charge in [-0.3, -0.25) is 14.8 Å². The zero-order valence-corrected chi connectivity index (χ0v) is 18.2. The Morgan fingerprint density at radius 3 is 2.63 bits per heavy atom. The smallest absolute Gasteiger partial charge is 0.260 e. The molecule has 1 amide bonds. The van der Waals surface area contributed by atoms with Gasteiger partial charge in [0.1, 0.15) is 0 Å². The topological polar surface area (TPSA) is 97.2 Å². The van der Waals surface area contributed by atoms with E-state index < -0.39 is 10.0 Å². The van der Waals surface area contributed by atoms with E-state index in [-0.39, 0.29) is 11.8 Å². The number of sulfonamides is 1. The number of carbonyl (C=O) groups excluding carboxylic acids is 1. The molecule has 0 aliphatic carbocycles. The molecule has 0 unspecified atom stereocenters. The second kappa shape index (κ2) is 8.66. The standard InChI is InChI=1S/C20H23N5O3S2/c1-24-14-17(19(26)22-20-21-9-12-29-20)18(23-24)13-15-7-10-25(11-8-15)30(27,28)16-5-3-2-4-6-16/h2-6,9,12,14-15H,7-8,10-11,13H2,1H3,(H,21,22,26). The highest BCUT2D eigenvalue weighted by Crippen LogP contribution is 2.27. The average molecular weight is 446 g/mol. The number of rotatable bonds is 6. The number of thiazole rings is 1. The first-order valence-corrected chi connectivity index (χ1v) is 12.0. The first-order chi connectivity index (χ1) is 14.4. The van der Waals surface area contributed by atoms with Gasteiger partial charge in [-0.05, 0) is 37.3 Å². The van der Waals surface area contributed by atoms with E-state index >= 15 is 0 Å². The Kier molecular flexibility index (Phi) is 5.98. The van der Waals surface area contributed by atoms with Crippen LogP contribution in [-0.2, 0) is 23.5 Å². The third kappa shape index (κ3) is 4.45. The number of anilines is 1. The van der Waals surface area contributed by atoms with Crippen LogP contribution in [-0.4, -0.2) is 46.5 Å². The maximum Gasteiger partial charge on any atom is 0.260 e. The highest BCUT2D eigenvalue weighted by atomic mass is 32.2. The molecule has 1 aromatic carbocycles. The number of carbonyl (C=O) groups is 1. The second-order valence-electron chi connectivity index (χ2n) is 7.32. The maximum absolute atomic E-state index is 12.8. The molecule has 8 nitrogen and oxygen atoms in total. The first kappa shape index (κ1) is 20.7. The van der Waals surface area contributed by atoms with Gasteiger partial charge in [0.15, 0.2) is 5.13 Å². The minimum atomic E-state index is -3.46. The highest BCUT2D eigenvalue weighted by Gasteiger charge is 2.30. The second-order valence-corrected chi connectivity index (χ2v) is 10.2. The van der Waals surface area contributed by atoms with Crippen LogP contribution in [0.5, 0.6) is 0 Å². The van der Waals surface area contributed by atoms with Crippen molar-refractivity contribution in [2.24, 2.45) is 13.0 Å². The number of hydrogen-bond donors (Lipinski definition) is 1. The van der Waals surface area contributed by atoms with Crippen molar-refractivity contribution in [1.82, 2.24) is 19.1 Å². The molecular formula is C20H23N5O3S2. The molecule has 1 saturated heterocycles. The number of aromatic nitrogens is 3. The molecule has 10 heteroatoms. The number of hydrogen-bond acceptors (Lipinski definition) is 6. The van der Waals surface area contributed by atoms with Crippen molar-refractivity contribution in [1.29, 1.82) is 0 Å². The number of nitrogens with zero attached hydrogens (tertiary/aromatic N) is 4. The normalized spacial score (nSPS) is 15.9. The number of piperidine rings is 1. The van der Waals surface area contributed by atoms with Crippen molar-refractivity contribution in [2.75, 3.05) is 18.4 Å². The average Bonchev–Trinajstić information content (AvgIpc) is 3.38. The van der Waals surface area contributed by atoms with E-state index in [1.165, 1.54) is 11.3 Å². The molecular weight excluding hydrogens is 422 g/mol. The quantitative estimate of drug-likeness (QED) is 0.629. The van der Waals surface area contributed by atoms with E-state index in [1.54, 1.807) is 64.1 Å². The van der Waals surface area contributed by atoms with Gasteiger partial charge in [-0.15, -0.1) is 11.3 Å². The van der Waals surface area contributed by atoms with Gasteiger partial charge in [-0.2, -0.15) is 9.40 Å². The Hall–Kier alpha value is -2.56. The van der Waals surface area contributed by atoms with Crippen molar-refractivity contribution in [3.63, 3.8) is 0 Å². The Bertz CT molecular complexity index is 1100. The fourth-order valence-corrected chi connectivity index (χ4v) is 5.71. The summed E-state index contributed by atoms with van der Waals surface area (Å²) in [4.78, 5) is 17.1. The van der Waals surface area contributed by atoms with E-state index in [1.807, 2.05) is 0 Å². The molecule has 4 rings (SSSR count). The SMILES string of the molecule is Cn1cc(C(=O)Nc2nccs2)c(CC2CCN(S(=O)(=O)c3ccccc3)CC2)n1. The lowest BCUT2D eigenvalue weighted by atomic mass is 9.92. The molecule has 0 spiro atoms.